The van der Waals surface area contributed by atoms with Crippen molar-refractivity contribution in [2.45, 2.75) is 6.92 Å². The summed E-state index contributed by atoms with van der Waals surface area (Å²) < 4.78 is 4.97. The minimum absolute atomic E-state index is 0.378. The van der Waals surface area contributed by atoms with E-state index >= 15 is 0 Å². The van der Waals surface area contributed by atoms with Gasteiger partial charge >= 0.3 is 0 Å². The van der Waals surface area contributed by atoms with E-state index in [0.29, 0.717) is 34.0 Å². The van der Waals surface area contributed by atoms with Crippen molar-refractivity contribution in [1.82, 2.24) is 20.1 Å². The Morgan fingerprint density at radius 1 is 1.20 bits per heavy atom. The van der Waals surface area contributed by atoms with Gasteiger partial charge in [-0.15, -0.1) is 11.3 Å². The highest BCUT2D eigenvalue weighted by Crippen LogP contribution is 2.28. The maximum atomic E-state index is 6.02. The molecule has 0 fully saturated rings. The molecule has 0 amide bonds. The van der Waals surface area contributed by atoms with Gasteiger partial charge < -0.3 is 20.9 Å². The van der Waals surface area contributed by atoms with Crippen LogP contribution in [0.5, 0.6) is 0 Å². The number of nitrogens with zero attached hydrogens (tertiary/aromatic N) is 4. The van der Waals surface area contributed by atoms with Gasteiger partial charge in [0.2, 0.25) is 0 Å². The van der Waals surface area contributed by atoms with E-state index in [4.69, 9.17) is 10.3 Å². The fourth-order valence-electron chi connectivity index (χ4n) is 1.53. The van der Waals surface area contributed by atoms with Crippen LogP contribution in [0.3, 0.4) is 0 Å². The van der Waals surface area contributed by atoms with E-state index in [1.54, 1.807) is 19.2 Å². The Kier molecular flexibility index (Phi) is 3.17. The summed E-state index contributed by atoms with van der Waals surface area (Å²) in [4.78, 5) is 12.3. The van der Waals surface area contributed by atoms with Crippen LogP contribution in [0.15, 0.2) is 28.5 Å². The van der Waals surface area contributed by atoms with Crippen molar-refractivity contribution in [2.24, 2.45) is 0 Å². The number of aromatic nitrogens is 4. The highest BCUT2D eigenvalue weighted by atomic mass is 32.1. The van der Waals surface area contributed by atoms with Gasteiger partial charge in [-0.2, -0.15) is 0 Å². The normalized spacial score (nSPS) is 10.4. The van der Waals surface area contributed by atoms with E-state index in [1.807, 2.05) is 5.38 Å². The number of thiazole rings is 1. The van der Waals surface area contributed by atoms with E-state index in [-0.39, 0.29) is 0 Å². The fraction of sp³-hybridized carbons (Fsp3) is 0.0909. The van der Waals surface area contributed by atoms with Crippen molar-refractivity contribution in [2.75, 3.05) is 16.4 Å². The summed E-state index contributed by atoms with van der Waals surface area (Å²) in [5.41, 5.74) is 6.40. The standard InChI is InChI=1S/C11H11N7OS/c1-6-4-7(18-19-6)16-9-8(12)10(15-5-14-9)17-11-13-2-3-20-11/h2-5H,12H2,1H3,(H2,13,14,15,16,17,18). The molecule has 0 aliphatic heterocycles. The highest BCUT2D eigenvalue weighted by Gasteiger charge is 2.11. The summed E-state index contributed by atoms with van der Waals surface area (Å²) in [5, 5.41) is 12.4. The van der Waals surface area contributed by atoms with E-state index in [9.17, 15) is 0 Å². The molecule has 20 heavy (non-hydrogen) atoms. The molecule has 0 saturated carbocycles. The second-order valence-electron chi connectivity index (χ2n) is 3.89. The lowest BCUT2D eigenvalue weighted by molar-refractivity contribution is 0.400. The Labute approximate surface area is 118 Å². The molecule has 0 unspecified atom stereocenters. The maximum Gasteiger partial charge on any atom is 0.188 e. The summed E-state index contributed by atoms with van der Waals surface area (Å²) in [6.45, 7) is 1.80. The van der Waals surface area contributed by atoms with Crippen LogP contribution in [0.4, 0.5) is 28.3 Å². The van der Waals surface area contributed by atoms with Crippen LogP contribution in [-0.2, 0) is 0 Å². The molecule has 0 spiro atoms. The molecule has 9 heteroatoms. The van der Waals surface area contributed by atoms with E-state index < -0.39 is 0 Å². The molecule has 102 valence electrons. The average molecular weight is 289 g/mol. The zero-order chi connectivity index (χ0) is 13.9. The molecule has 0 radical (unpaired) electrons. The first-order valence-corrected chi connectivity index (χ1v) is 6.57. The lowest BCUT2D eigenvalue weighted by Crippen LogP contribution is -2.05. The predicted octanol–water partition coefficient (Wildman–Crippen LogP) is 2.30. The smallest absolute Gasteiger partial charge is 0.188 e. The zero-order valence-corrected chi connectivity index (χ0v) is 11.3. The quantitative estimate of drug-likeness (QED) is 0.670. The highest BCUT2D eigenvalue weighted by molar-refractivity contribution is 7.13. The number of anilines is 5. The molecule has 3 rings (SSSR count). The molecule has 8 nitrogen and oxygen atoms in total. The second-order valence-corrected chi connectivity index (χ2v) is 4.79. The van der Waals surface area contributed by atoms with Crippen LogP contribution in [0, 0.1) is 6.92 Å². The molecule has 0 saturated heterocycles. The van der Waals surface area contributed by atoms with Gasteiger partial charge in [0.15, 0.2) is 22.6 Å². The van der Waals surface area contributed by atoms with Crippen molar-refractivity contribution < 1.29 is 4.52 Å². The maximum absolute atomic E-state index is 6.02. The third-order valence-electron chi connectivity index (χ3n) is 2.42. The van der Waals surface area contributed by atoms with Gasteiger partial charge in [-0.1, -0.05) is 5.16 Å². The van der Waals surface area contributed by atoms with Crippen LogP contribution in [0.1, 0.15) is 5.76 Å². The van der Waals surface area contributed by atoms with Crippen LogP contribution in [0.2, 0.25) is 0 Å². The topological polar surface area (TPSA) is 115 Å². The number of nitrogens with one attached hydrogen (secondary N) is 2. The molecule has 0 aliphatic rings. The predicted molar refractivity (Wildman–Crippen MR) is 76.4 cm³/mol. The van der Waals surface area contributed by atoms with Gasteiger partial charge in [0.25, 0.3) is 0 Å². The van der Waals surface area contributed by atoms with Crippen molar-refractivity contribution in [3.8, 4) is 0 Å². The molecule has 3 heterocycles. The van der Waals surface area contributed by atoms with Crippen molar-refractivity contribution in [1.29, 1.82) is 0 Å². The summed E-state index contributed by atoms with van der Waals surface area (Å²) in [7, 11) is 0. The Morgan fingerprint density at radius 3 is 2.65 bits per heavy atom. The van der Waals surface area contributed by atoms with E-state index in [0.717, 1.165) is 0 Å². The molecule has 0 atom stereocenters. The number of nitrogens with two attached hydrogens (primary N) is 1. The van der Waals surface area contributed by atoms with Crippen LogP contribution in [-0.4, -0.2) is 20.1 Å². The minimum Gasteiger partial charge on any atom is -0.393 e. The number of rotatable bonds is 4. The minimum atomic E-state index is 0.378. The molecule has 0 aliphatic carbocycles. The van der Waals surface area contributed by atoms with Gasteiger partial charge in [0, 0.05) is 17.6 Å². The molecule has 0 aromatic carbocycles. The Balaban J connectivity index is 1.85. The van der Waals surface area contributed by atoms with Crippen molar-refractivity contribution >= 4 is 39.6 Å². The van der Waals surface area contributed by atoms with Gasteiger partial charge in [0.1, 0.15) is 17.8 Å². The molecular weight excluding hydrogens is 278 g/mol. The Bertz CT molecular complexity index is 709. The van der Waals surface area contributed by atoms with Crippen LogP contribution >= 0.6 is 11.3 Å². The van der Waals surface area contributed by atoms with Crippen molar-refractivity contribution in [3.05, 3.63) is 29.7 Å². The second kappa shape index (κ2) is 5.13. The molecule has 3 aromatic rings. The largest absolute Gasteiger partial charge is 0.393 e. The summed E-state index contributed by atoms with van der Waals surface area (Å²) >= 11 is 1.45. The van der Waals surface area contributed by atoms with Crippen molar-refractivity contribution in [3.63, 3.8) is 0 Å². The van der Waals surface area contributed by atoms with Crippen LogP contribution in [0.25, 0.3) is 0 Å². The average Bonchev–Trinajstić information content (AvgIpc) is 3.06. The molecule has 4 N–H and O–H groups in total. The fourth-order valence-corrected chi connectivity index (χ4v) is 2.06. The lowest BCUT2D eigenvalue weighted by atomic mass is 10.4. The summed E-state index contributed by atoms with van der Waals surface area (Å²) in [6.07, 6.45) is 3.10. The third-order valence-corrected chi connectivity index (χ3v) is 3.10. The van der Waals surface area contributed by atoms with Gasteiger partial charge in [-0.05, 0) is 6.92 Å². The van der Waals surface area contributed by atoms with Gasteiger partial charge in [-0.3, -0.25) is 0 Å². The third kappa shape index (κ3) is 2.52. The number of nitrogen functional groups attached to an aromatic ring is 1. The summed E-state index contributed by atoms with van der Waals surface area (Å²) in [6, 6.07) is 1.75. The molecule has 0 bridgehead atoms. The van der Waals surface area contributed by atoms with Crippen LogP contribution < -0.4 is 16.4 Å². The number of hydrogen-bond acceptors (Lipinski definition) is 9. The lowest BCUT2D eigenvalue weighted by Gasteiger charge is -2.09. The number of aryl methyl sites for hydroxylation is 1. The summed E-state index contributed by atoms with van der Waals surface area (Å²) in [5.74, 6) is 2.17. The van der Waals surface area contributed by atoms with E-state index in [2.05, 4.69) is 30.7 Å². The first-order valence-electron chi connectivity index (χ1n) is 5.69. The number of hydrogen-bond donors (Lipinski definition) is 3. The molecule has 3 aromatic heterocycles. The van der Waals surface area contributed by atoms with Gasteiger partial charge in [0.05, 0.1) is 0 Å². The Hall–Kier alpha value is -2.68. The van der Waals surface area contributed by atoms with E-state index in [1.165, 1.54) is 17.7 Å². The monoisotopic (exact) mass is 289 g/mol. The molecular formula is C11H11N7OS. The first-order chi connectivity index (χ1) is 9.72. The zero-order valence-electron chi connectivity index (χ0n) is 10.5. The Morgan fingerprint density at radius 2 is 2.00 bits per heavy atom. The SMILES string of the molecule is Cc1cc(Nc2ncnc(Nc3nccs3)c2N)no1. The first kappa shape index (κ1) is 12.4. The van der Waals surface area contributed by atoms with Gasteiger partial charge in [-0.25, -0.2) is 15.0 Å².